The maximum atomic E-state index is 9.05. The third-order valence-corrected chi connectivity index (χ3v) is 3.59. The van der Waals surface area contributed by atoms with Gasteiger partial charge in [-0.2, -0.15) is 0 Å². The average Bonchev–Trinajstić information content (AvgIpc) is 2.80. The zero-order valence-corrected chi connectivity index (χ0v) is 12.1. The molecule has 1 aromatic carbocycles. The minimum atomic E-state index is 0.0641. The van der Waals surface area contributed by atoms with Crippen molar-refractivity contribution in [1.29, 1.82) is 0 Å². The van der Waals surface area contributed by atoms with Gasteiger partial charge < -0.3 is 15.4 Å². The first kappa shape index (κ1) is 13.6. The molecular weight excluding hydrogens is 264 g/mol. The number of hydrogen-bond donors (Lipinski definition) is 3. The number of aliphatic hydroxyl groups is 1. The lowest BCUT2D eigenvalue weighted by molar-refractivity contribution is 0.311. The number of aliphatic hydroxyl groups excluding tert-OH is 1. The van der Waals surface area contributed by atoms with Crippen LogP contribution in [0.1, 0.15) is 11.3 Å². The molecule has 5 nitrogen and oxygen atoms in total. The number of anilines is 1. The van der Waals surface area contributed by atoms with Gasteiger partial charge in [0.05, 0.1) is 12.0 Å². The first-order chi connectivity index (χ1) is 10.2. The summed E-state index contributed by atoms with van der Waals surface area (Å²) < 4.78 is 0. The number of fused-ring (bicyclic) bond motifs is 1. The van der Waals surface area contributed by atoms with Crippen molar-refractivity contribution < 1.29 is 5.11 Å². The number of H-pyrrole nitrogens is 1. The molecule has 0 atom stereocenters. The topological polar surface area (TPSA) is 73.8 Å². The summed E-state index contributed by atoms with van der Waals surface area (Å²) >= 11 is 0. The Bertz CT molecular complexity index is 765. The Morgan fingerprint density at radius 3 is 2.62 bits per heavy atom. The van der Waals surface area contributed by atoms with Crippen molar-refractivity contribution in [3.05, 3.63) is 41.6 Å². The second kappa shape index (κ2) is 5.54. The van der Waals surface area contributed by atoms with Crippen molar-refractivity contribution in [2.24, 2.45) is 0 Å². The van der Waals surface area contributed by atoms with Crippen LogP contribution in [-0.2, 0) is 0 Å². The van der Waals surface area contributed by atoms with Crippen molar-refractivity contribution in [3.63, 3.8) is 0 Å². The van der Waals surface area contributed by atoms with E-state index in [1.54, 1.807) is 0 Å². The molecule has 108 valence electrons. The third-order valence-electron chi connectivity index (χ3n) is 3.59. The van der Waals surface area contributed by atoms with Gasteiger partial charge in [0.25, 0.3) is 0 Å². The van der Waals surface area contributed by atoms with Crippen LogP contribution in [0.4, 0.5) is 5.82 Å². The highest BCUT2D eigenvalue weighted by atomic mass is 16.3. The second-order valence-electron chi connectivity index (χ2n) is 5.01. The molecular formula is C16H18N4O. The molecule has 2 aromatic heterocycles. The van der Waals surface area contributed by atoms with E-state index in [1.165, 1.54) is 0 Å². The molecule has 0 amide bonds. The molecule has 0 radical (unpaired) electrons. The van der Waals surface area contributed by atoms with Crippen molar-refractivity contribution in [1.82, 2.24) is 15.0 Å². The van der Waals surface area contributed by atoms with Gasteiger partial charge in [-0.15, -0.1) is 0 Å². The largest absolute Gasteiger partial charge is 0.395 e. The van der Waals surface area contributed by atoms with E-state index in [0.29, 0.717) is 12.4 Å². The third kappa shape index (κ3) is 2.48. The van der Waals surface area contributed by atoms with Gasteiger partial charge in [0.2, 0.25) is 0 Å². The molecule has 21 heavy (non-hydrogen) atoms. The summed E-state index contributed by atoms with van der Waals surface area (Å²) in [6.07, 6.45) is 0. The Hall–Kier alpha value is -2.40. The molecule has 0 saturated heterocycles. The SMILES string of the molecule is Cc1[nH]c2nc(-c3ccccc3)nc(NCCO)c2c1C. The van der Waals surface area contributed by atoms with E-state index in [4.69, 9.17) is 5.11 Å². The molecule has 3 aromatic rings. The van der Waals surface area contributed by atoms with E-state index < -0.39 is 0 Å². The minimum Gasteiger partial charge on any atom is -0.395 e. The molecule has 3 N–H and O–H groups in total. The Balaban J connectivity index is 2.20. The molecule has 0 spiro atoms. The van der Waals surface area contributed by atoms with Crippen LogP contribution in [0.15, 0.2) is 30.3 Å². The molecule has 0 unspecified atom stereocenters. The lowest BCUT2D eigenvalue weighted by Gasteiger charge is -2.08. The molecule has 5 heteroatoms. The number of rotatable bonds is 4. The van der Waals surface area contributed by atoms with E-state index in [9.17, 15) is 0 Å². The Labute approximate surface area is 123 Å². The predicted molar refractivity (Wildman–Crippen MR) is 84.4 cm³/mol. The van der Waals surface area contributed by atoms with Gasteiger partial charge in [0.1, 0.15) is 11.5 Å². The fourth-order valence-corrected chi connectivity index (χ4v) is 2.38. The summed E-state index contributed by atoms with van der Waals surface area (Å²) in [6, 6.07) is 9.87. The number of nitrogens with one attached hydrogen (secondary N) is 2. The highest BCUT2D eigenvalue weighted by molar-refractivity contribution is 5.92. The first-order valence-electron chi connectivity index (χ1n) is 6.97. The maximum Gasteiger partial charge on any atom is 0.163 e. The van der Waals surface area contributed by atoms with Gasteiger partial charge in [0.15, 0.2) is 5.82 Å². The van der Waals surface area contributed by atoms with Crippen LogP contribution in [-0.4, -0.2) is 33.2 Å². The second-order valence-corrected chi connectivity index (χ2v) is 5.01. The average molecular weight is 282 g/mol. The summed E-state index contributed by atoms with van der Waals surface area (Å²) in [7, 11) is 0. The van der Waals surface area contributed by atoms with Crippen LogP contribution in [0.2, 0.25) is 0 Å². The molecule has 0 bridgehead atoms. The lowest BCUT2D eigenvalue weighted by Crippen LogP contribution is -2.08. The maximum absolute atomic E-state index is 9.05. The highest BCUT2D eigenvalue weighted by Crippen LogP contribution is 2.28. The first-order valence-corrected chi connectivity index (χ1v) is 6.97. The van der Waals surface area contributed by atoms with Gasteiger partial charge in [-0.05, 0) is 19.4 Å². The van der Waals surface area contributed by atoms with E-state index in [2.05, 4.69) is 20.3 Å². The van der Waals surface area contributed by atoms with Crippen LogP contribution >= 0.6 is 0 Å². The van der Waals surface area contributed by atoms with Crippen LogP contribution in [0.5, 0.6) is 0 Å². The summed E-state index contributed by atoms with van der Waals surface area (Å²) in [4.78, 5) is 12.6. The molecule has 0 aliphatic carbocycles. The van der Waals surface area contributed by atoms with Gasteiger partial charge in [0, 0.05) is 17.8 Å². The summed E-state index contributed by atoms with van der Waals surface area (Å²) in [6.45, 7) is 4.59. The zero-order chi connectivity index (χ0) is 14.8. The Morgan fingerprint density at radius 2 is 1.90 bits per heavy atom. The quantitative estimate of drug-likeness (QED) is 0.688. The van der Waals surface area contributed by atoms with E-state index in [0.717, 1.165) is 33.7 Å². The number of aryl methyl sites for hydroxylation is 2. The number of benzene rings is 1. The fraction of sp³-hybridized carbons (Fsp3) is 0.250. The van der Waals surface area contributed by atoms with E-state index in [-0.39, 0.29) is 6.61 Å². The molecule has 0 aliphatic heterocycles. The molecule has 0 saturated carbocycles. The molecule has 2 heterocycles. The molecule has 0 aliphatic rings. The van der Waals surface area contributed by atoms with Crippen LogP contribution < -0.4 is 5.32 Å². The minimum absolute atomic E-state index is 0.0641. The number of nitrogens with zero attached hydrogens (tertiary/aromatic N) is 2. The normalized spacial score (nSPS) is 11.0. The monoisotopic (exact) mass is 282 g/mol. The summed E-state index contributed by atoms with van der Waals surface area (Å²) in [5.74, 6) is 1.43. The van der Waals surface area contributed by atoms with Crippen molar-refractivity contribution in [2.45, 2.75) is 13.8 Å². The standard InChI is InChI=1S/C16H18N4O/c1-10-11(2)18-16-13(10)15(17-8-9-21)19-14(20-16)12-6-4-3-5-7-12/h3-7,21H,8-9H2,1-2H3,(H2,17,18,19,20). The van der Waals surface area contributed by atoms with Crippen molar-refractivity contribution >= 4 is 16.9 Å². The van der Waals surface area contributed by atoms with Crippen molar-refractivity contribution in [2.75, 3.05) is 18.5 Å². The number of aromatic amines is 1. The van der Waals surface area contributed by atoms with Crippen LogP contribution in [0.25, 0.3) is 22.4 Å². The van der Waals surface area contributed by atoms with E-state index in [1.807, 2.05) is 44.2 Å². The van der Waals surface area contributed by atoms with Crippen molar-refractivity contribution in [3.8, 4) is 11.4 Å². The Kier molecular flexibility index (Phi) is 3.58. The van der Waals surface area contributed by atoms with E-state index >= 15 is 0 Å². The van der Waals surface area contributed by atoms with Crippen LogP contribution in [0, 0.1) is 13.8 Å². The summed E-state index contributed by atoms with van der Waals surface area (Å²) in [5.41, 5.74) is 4.00. The van der Waals surface area contributed by atoms with Crippen LogP contribution in [0.3, 0.4) is 0 Å². The number of aromatic nitrogens is 3. The molecule has 3 rings (SSSR count). The van der Waals surface area contributed by atoms with Gasteiger partial charge in [-0.1, -0.05) is 30.3 Å². The van der Waals surface area contributed by atoms with Gasteiger partial charge >= 0.3 is 0 Å². The van der Waals surface area contributed by atoms with Gasteiger partial charge in [-0.3, -0.25) is 0 Å². The lowest BCUT2D eigenvalue weighted by atomic mass is 10.2. The smallest absolute Gasteiger partial charge is 0.163 e. The fourth-order valence-electron chi connectivity index (χ4n) is 2.38. The highest BCUT2D eigenvalue weighted by Gasteiger charge is 2.14. The summed E-state index contributed by atoms with van der Waals surface area (Å²) in [5, 5.41) is 13.2. The Morgan fingerprint density at radius 1 is 1.14 bits per heavy atom. The number of hydrogen-bond acceptors (Lipinski definition) is 4. The molecule has 0 fully saturated rings. The zero-order valence-electron chi connectivity index (χ0n) is 12.1. The van der Waals surface area contributed by atoms with Gasteiger partial charge in [-0.25, -0.2) is 9.97 Å². The predicted octanol–water partition coefficient (Wildman–Crippen LogP) is 2.65.